The summed E-state index contributed by atoms with van der Waals surface area (Å²) in [4.78, 5) is 16.9. The Morgan fingerprint density at radius 1 is 1.57 bits per heavy atom. The van der Waals surface area contributed by atoms with Gasteiger partial charge in [-0.2, -0.15) is 0 Å². The quantitative estimate of drug-likeness (QED) is 0.711. The summed E-state index contributed by atoms with van der Waals surface area (Å²) in [6.07, 6.45) is 0.0907. The topological polar surface area (TPSA) is 75.2 Å². The molecule has 0 amide bonds. The second kappa shape index (κ2) is 3.19. The molecule has 14 heavy (non-hydrogen) atoms. The van der Waals surface area contributed by atoms with E-state index >= 15 is 0 Å². The highest BCUT2D eigenvalue weighted by molar-refractivity contribution is 6.31. The minimum absolute atomic E-state index is 0.127. The molecule has 0 fully saturated rings. The van der Waals surface area contributed by atoms with E-state index in [1.807, 2.05) is 0 Å². The number of nitrogens with one attached hydrogen (secondary N) is 1. The van der Waals surface area contributed by atoms with Crippen molar-refractivity contribution in [2.45, 2.75) is 0 Å². The summed E-state index contributed by atoms with van der Waals surface area (Å²) in [5.74, 6) is 0.127. The van der Waals surface area contributed by atoms with Crippen LogP contribution in [0.4, 0.5) is 4.79 Å². The molecule has 2 rings (SSSR count). The van der Waals surface area contributed by atoms with Gasteiger partial charge in [-0.25, -0.2) is 9.78 Å². The van der Waals surface area contributed by atoms with Crippen LogP contribution >= 0.6 is 11.6 Å². The van der Waals surface area contributed by atoms with Gasteiger partial charge in [0.05, 0.1) is 5.02 Å². The average Bonchev–Trinajstić information content (AvgIpc) is 2.44. The monoisotopic (exact) mass is 212 g/mol. The average molecular weight is 213 g/mol. The molecule has 0 atom stereocenters. The molecule has 2 aromatic rings. The van der Waals surface area contributed by atoms with E-state index in [1.165, 1.54) is 12.3 Å². The lowest BCUT2D eigenvalue weighted by molar-refractivity contribution is 0.143. The molecule has 0 radical (unpaired) electrons. The maximum absolute atomic E-state index is 10.2. The van der Waals surface area contributed by atoms with E-state index in [4.69, 9.17) is 16.7 Å². The van der Waals surface area contributed by atoms with Crippen LogP contribution < -0.4 is 4.74 Å². The molecule has 0 aliphatic rings. The maximum Gasteiger partial charge on any atom is 0.512 e. The zero-order chi connectivity index (χ0) is 10.1. The Hall–Kier alpha value is -1.75. The van der Waals surface area contributed by atoms with Crippen LogP contribution in [0.1, 0.15) is 0 Å². The lowest BCUT2D eigenvalue weighted by atomic mass is 10.3. The van der Waals surface area contributed by atoms with Crippen molar-refractivity contribution in [2.75, 3.05) is 0 Å². The number of nitrogens with zero attached hydrogens (tertiary/aromatic N) is 1. The number of hydrogen-bond acceptors (Lipinski definition) is 3. The van der Waals surface area contributed by atoms with Crippen molar-refractivity contribution in [1.82, 2.24) is 9.97 Å². The number of rotatable bonds is 1. The SMILES string of the molecule is O=C(O)Oc1cc2cc(Cl)cnc2[nH]1. The molecule has 0 unspecified atom stereocenters. The summed E-state index contributed by atoms with van der Waals surface area (Å²) < 4.78 is 4.42. The molecule has 0 aromatic carbocycles. The zero-order valence-electron chi connectivity index (χ0n) is 6.82. The van der Waals surface area contributed by atoms with E-state index in [-0.39, 0.29) is 5.88 Å². The first-order chi connectivity index (χ1) is 6.65. The molecule has 5 nitrogen and oxygen atoms in total. The highest BCUT2D eigenvalue weighted by Gasteiger charge is 2.06. The number of pyridine rings is 1. The number of hydrogen-bond donors (Lipinski definition) is 2. The van der Waals surface area contributed by atoms with Crippen molar-refractivity contribution in [2.24, 2.45) is 0 Å². The van der Waals surface area contributed by atoms with Gasteiger partial charge >= 0.3 is 6.16 Å². The number of carbonyl (C=O) groups is 1. The van der Waals surface area contributed by atoms with Crippen LogP contribution in [0.3, 0.4) is 0 Å². The van der Waals surface area contributed by atoms with Gasteiger partial charge in [0.25, 0.3) is 0 Å². The van der Waals surface area contributed by atoms with Crippen LogP contribution in [0.25, 0.3) is 11.0 Å². The van der Waals surface area contributed by atoms with Crippen molar-refractivity contribution >= 4 is 28.8 Å². The predicted octanol–water partition coefficient (Wildman–Crippen LogP) is 2.27. The van der Waals surface area contributed by atoms with Gasteiger partial charge in [0.1, 0.15) is 5.65 Å². The molecule has 0 aliphatic carbocycles. The van der Waals surface area contributed by atoms with Crippen LogP contribution in [0.5, 0.6) is 5.88 Å². The third kappa shape index (κ3) is 1.62. The molecule has 0 saturated carbocycles. The van der Waals surface area contributed by atoms with E-state index < -0.39 is 6.16 Å². The predicted molar refractivity (Wildman–Crippen MR) is 49.8 cm³/mol. The third-order valence-electron chi connectivity index (χ3n) is 1.61. The van der Waals surface area contributed by atoms with Gasteiger partial charge < -0.3 is 14.8 Å². The van der Waals surface area contributed by atoms with Gasteiger partial charge in [-0.3, -0.25) is 0 Å². The number of carboxylic acid groups (broad SMARTS) is 1. The minimum Gasteiger partial charge on any atom is -0.449 e. The van der Waals surface area contributed by atoms with Crippen LogP contribution in [-0.2, 0) is 0 Å². The van der Waals surface area contributed by atoms with Gasteiger partial charge in [0.15, 0.2) is 0 Å². The number of halogens is 1. The molecular weight excluding hydrogens is 208 g/mol. The van der Waals surface area contributed by atoms with Crippen molar-refractivity contribution in [1.29, 1.82) is 0 Å². The van der Waals surface area contributed by atoms with Crippen LogP contribution in [0, 0.1) is 0 Å². The fourth-order valence-electron chi connectivity index (χ4n) is 1.11. The Labute approximate surface area is 83.3 Å². The van der Waals surface area contributed by atoms with E-state index in [0.29, 0.717) is 16.1 Å². The Morgan fingerprint density at radius 3 is 3.07 bits per heavy atom. The van der Waals surface area contributed by atoms with E-state index in [1.54, 1.807) is 6.07 Å². The van der Waals surface area contributed by atoms with Crippen LogP contribution in [0.2, 0.25) is 5.02 Å². The van der Waals surface area contributed by atoms with Crippen LogP contribution in [-0.4, -0.2) is 21.2 Å². The van der Waals surface area contributed by atoms with Gasteiger partial charge in [-0.1, -0.05) is 11.6 Å². The Balaban J connectivity index is 2.46. The van der Waals surface area contributed by atoms with E-state index in [0.717, 1.165) is 0 Å². The Morgan fingerprint density at radius 2 is 2.36 bits per heavy atom. The summed E-state index contributed by atoms with van der Waals surface area (Å²) in [6.45, 7) is 0. The largest absolute Gasteiger partial charge is 0.512 e. The fraction of sp³-hybridized carbons (Fsp3) is 0. The van der Waals surface area contributed by atoms with E-state index in [2.05, 4.69) is 14.7 Å². The van der Waals surface area contributed by atoms with Crippen molar-refractivity contribution in [3.63, 3.8) is 0 Å². The standard InChI is InChI=1S/C8H5ClN2O3/c9-5-1-4-2-6(14-8(12)13)11-7(4)10-3-5/h1-3H,(H,10,11)(H,12,13). The van der Waals surface area contributed by atoms with E-state index in [9.17, 15) is 4.79 Å². The molecule has 6 heteroatoms. The third-order valence-corrected chi connectivity index (χ3v) is 1.82. The summed E-state index contributed by atoms with van der Waals surface area (Å²) in [6, 6.07) is 3.18. The fourth-order valence-corrected chi connectivity index (χ4v) is 1.28. The minimum atomic E-state index is -1.37. The van der Waals surface area contributed by atoms with Gasteiger partial charge in [-0.05, 0) is 6.07 Å². The van der Waals surface area contributed by atoms with Crippen molar-refractivity contribution in [3.05, 3.63) is 23.4 Å². The normalized spacial score (nSPS) is 10.4. The highest BCUT2D eigenvalue weighted by atomic mass is 35.5. The van der Waals surface area contributed by atoms with Crippen molar-refractivity contribution in [3.8, 4) is 5.88 Å². The second-order valence-electron chi connectivity index (χ2n) is 2.59. The number of aromatic nitrogens is 2. The summed E-state index contributed by atoms with van der Waals surface area (Å²) in [5.41, 5.74) is 0.533. The first kappa shape index (κ1) is 8.83. The van der Waals surface area contributed by atoms with Crippen molar-refractivity contribution < 1.29 is 14.6 Å². The van der Waals surface area contributed by atoms with Crippen LogP contribution in [0.15, 0.2) is 18.3 Å². The smallest absolute Gasteiger partial charge is 0.449 e. The summed E-state index contributed by atoms with van der Waals surface area (Å²) >= 11 is 5.70. The first-order valence-electron chi connectivity index (χ1n) is 3.70. The molecule has 2 aromatic heterocycles. The molecule has 0 bridgehead atoms. The molecular formula is C8H5ClN2O3. The van der Waals surface area contributed by atoms with Gasteiger partial charge in [0, 0.05) is 17.6 Å². The second-order valence-corrected chi connectivity index (χ2v) is 3.03. The number of aromatic amines is 1. The maximum atomic E-state index is 10.2. The first-order valence-corrected chi connectivity index (χ1v) is 4.08. The molecule has 0 aliphatic heterocycles. The molecule has 72 valence electrons. The summed E-state index contributed by atoms with van der Waals surface area (Å²) in [5, 5.41) is 9.55. The lowest BCUT2D eigenvalue weighted by Crippen LogP contribution is -2.02. The summed E-state index contributed by atoms with van der Waals surface area (Å²) in [7, 11) is 0. The number of ether oxygens (including phenoxy) is 1. The molecule has 2 heterocycles. The van der Waals surface area contributed by atoms with Gasteiger partial charge in [-0.15, -0.1) is 0 Å². The molecule has 0 saturated heterocycles. The molecule has 0 spiro atoms. The highest BCUT2D eigenvalue weighted by Crippen LogP contribution is 2.21. The number of H-pyrrole nitrogens is 1. The van der Waals surface area contributed by atoms with Gasteiger partial charge in [0.2, 0.25) is 5.88 Å². The Bertz CT molecular complexity index is 494. The Kier molecular flexibility index (Phi) is 2.01. The lowest BCUT2D eigenvalue weighted by Gasteiger charge is -1.91. The number of fused-ring (bicyclic) bond motifs is 1. The zero-order valence-corrected chi connectivity index (χ0v) is 7.58. The molecule has 2 N–H and O–H groups in total.